The van der Waals surface area contributed by atoms with Gasteiger partial charge in [-0.3, -0.25) is 0 Å². The van der Waals surface area contributed by atoms with E-state index in [9.17, 15) is 0 Å². The van der Waals surface area contributed by atoms with Gasteiger partial charge in [-0.2, -0.15) is 0 Å². The molecule has 2 rings (SSSR count). The van der Waals surface area contributed by atoms with Gasteiger partial charge in [-0.1, -0.05) is 19.1 Å². The molecule has 112 valence electrons. The van der Waals surface area contributed by atoms with Gasteiger partial charge in [-0.25, -0.2) is 9.97 Å². The highest BCUT2D eigenvalue weighted by Crippen LogP contribution is 2.18. The van der Waals surface area contributed by atoms with E-state index >= 15 is 0 Å². The van der Waals surface area contributed by atoms with E-state index in [0.29, 0.717) is 12.5 Å². The topological polar surface area (TPSA) is 64.3 Å². The van der Waals surface area contributed by atoms with Crippen LogP contribution in [-0.2, 0) is 6.54 Å². The van der Waals surface area contributed by atoms with Crippen LogP contribution in [0.15, 0.2) is 36.7 Å². The van der Waals surface area contributed by atoms with Gasteiger partial charge in [0.1, 0.15) is 12.1 Å². The minimum atomic E-state index is 0.623. The van der Waals surface area contributed by atoms with Crippen molar-refractivity contribution in [1.82, 2.24) is 9.97 Å². The average Bonchev–Trinajstić information content (AvgIpc) is 2.52. The monoisotopic (exact) mass is 286 g/mol. The SMILES string of the molecule is CCCOc1cc(N(CC)Cc2ccc(N)cc2)ncn1. The van der Waals surface area contributed by atoms with E-state index < -0.39 is 0 Å². The molecule has 5 nitrogen and oxygen atoms in total. The van der Waals surface area contributed by atoms with Crippen LogP contribution in [-0.4, -0.2) is 23.1 Å². The van der Waals surface area contributed by atoms with Crippen molar-refractivity contribution < 1.29 is 4.74 Å². The van der Waals surface area contributed by atoms with Gasteiger partial charge in [0.25, 0.3) is 0 Å². The van der Waals surface area contributed by atoms with Crippen molar-refractivity contribution in [2.75, 3.05) is 23.8 Å². The molecule has 0 saturated heterocycles. The Morgan fingerprint density at radius 2 is 1.90 bits per heavy atom. The summed E-state index contributed by atoms with van der Waals surface area (Å²) in [5.41, 5.74) is 7.69. The van der Waals surface area contributed by atoms with Gasteiger partial charge in [0.05, 0.1) is 6.61 Å². The molecule has 2 aromatic rings. The van der Waals surface area contributed by atoms with E-state index in [4.69, 9.17) is 10.5 Å². The van der Waals surface area contributed by atoms with Gasteiger partial charge >= 0.3 is 0 Å². The Kier molecular flexibility index (Phi) is 5.37. The maximum atomic E-state index is 5.72. The molecule has 0 aliphatic heterocycles. The summed E-state index contributed by atoms with van der Waals surface area (Å²) in [6.45, 7) is 6.48. The molecule has 5 heteroatoms. The maximum Gasteiger partial charge on any atom is 0.218 e. The quantitative estimate of drug-likeness (QED) is 0.793. The number of anilines is 2. The lowest BCUT2D eigenvalue weighted by atomic mass is 10.2. The fraction of sp³-hybridized carbons (Fsp3) is 0.375. The molecule has 1 aromatic heterocycles. The molecule has 0 aliphatic rings. The molecule has 2 N–H and O–H groups in total. The molecule has 21 heavy (non-hydrogen) atoms. The van der Waals surface area contributed by atoms with Gasteiger partial charge in [-0.15, -0.1) is 0 Å². The van der Waals surface area contributed by atoms with E-state index in [-0.39, 0.29) is 0 Å². The largest absolute Gasteiger partial charge is 0.478 e. The minimum Gasteiger partial charge on any atom is -0.478 e. The maximum absolute atomic E-state index is 5.72. The van der Waals surface area contributed by atoms with Crippen LogP contribution in [0, 0.1) is 0 Å². The van der Waals surface area contributed by atoms with Crippen LogP contribution in [0.2, 0.25) is 0 Å². The summed E-state index contributed by atoms with van der Waals surface area (Å²) < 4.78 is 5.56. The third-order valence-electron chi connectivity index (χ3n) is 3.14. The highest BCUT2D eigenvalue weighted by atomic mass is 16.5. The Morgan fingerprint density at radius 3 is 2.57 bits per heavy atom. The molecule has 0 unspecified atom stereocenters. The summed E-state index contributed by atoms with van der Waals surface area (Å²) >= 11 is 0. The van der Waals surface area contributed by atoms with Crippen LogP contribution in [0.4, 0.5) is 11.5 Å². The summed E-state index contributed by atoms with van der Waals surface area (Å²) in [5, 5.41) is 0. The van der Waals surface area contributed by atoms with Gasteiger partial charge in [-0.05, 0) is 31.0 Å². The van der Waals surface area contributed by atoms with Crippen LogP contribution >= 0.6 is 0 Å². The van der Waals surface area contributed by atoms with E-state index in [1.165, 1.54) is 5.56 Å². The molecular weight excluding hydrogens is 264 g/mol. The van der Waals surface area contributed by atoms with Crippen molar-refractivity contribution in [3.63, 3.8) is 0 Å². The molecule has 0 saturated carbocycles. The average molecular weight is 286 g/mol. The number of hydrogen-bond donors (Lipinski definition) is 1. The Bertz CT molecular complexity index is 556. The van der Waals surface area contributed by atoms with E-state index in [0.717, 1.165) is 31.0 Å². The Hall–Kier alpha value is -2.30. The molecule has 0 atom stereocenters. The Morgan fingerprint density at radius 1 is 1.14 bits per heavy atom. The first-order chi connectivity index (χ1) is 10.2. The van der Waals surface area contributed by atoms with Crippen LogP contribution in [0.25, 0.3) is 0 Å². The van der Waals surface area contributed by atoms with Crippen LogP contribution < -0.4 is 15.4 Å². The zero-order valence-electron chi connectivity index (χ0n) is 12.6. The lowest BCUT2D eigenvalue weighted by Gasteiger charge is -2.22. The third-order valence-corrected chi connectivity index (χ3v) is 3.14. The fourth-order valence-electron chi connectivity index (χ4n) is 1.99. The smallest absolute Gasteiger partial charge is 0.218 e. The highest BCUT2D eigenvalue weighted by molar-refractivity contribution is 5.44. The number of rotatable bonds is 7. The fourth-order valence-corrected chi connectivity index (χ4v) is 1.99. The minimum absolute atomic E-state index is 0.623. The van der Waals surface area contributed by atoms with Crippen LogP contribution in [0.5, 0.6) is 5.88 Å². The lowest BCUT2D eigenvalue weighted by molar-refractivity contribution is 0.304. The number of benzene rings is 1. The van der Waals surface area contributed by atoms with E-state index in [1.54, 1.807) is 6.33 Å². The summed E-state index contributed by atoms with van der Waals surface area (Å²) in [6.07, 6.45) is 2.51. The first kappa shape index (κ1) is 15.1. The van der Waals surface area contributed by atoms with Crippen molar-refractivity contribution in [2.24, 2.45) is 0 Å². The summed E-state index contributed by atoms with van der Waals surface area (Å²) in [5.74, 6) is 1.49. The first-order valence-corrected chi connectivity index (χ1v) is 7.27. The predicted octanol–water partition coefficient (Wildman–Crippen LogP) is 2.87. The molecule has 0 spiro atoms. The normalized spacial score (nSPS) is 10.4. The third kappa shape index (κ3) is 4.34. The van der Waals surface area contributed by atoms with Crippen molar-refractivity contribution in [3.05, 3.63) is 42.2 Å². The second-order valence-corrected chi connectivity index (χ2v) is 4.82. The summed E-state index contributed by atoms with van der Waals surface area (Å²) in [4.78, 5) is 10.7. The molecule has 0 amide bonds. The summed E-state index contributed by atoms with van der Waals surface area (Å²) in [7, 11) is 0. The zero-order chi connectivity index (χ0) is 15.1. The second-order valence-electron chi connectivity index (χ2n) is 4.82. The number of nitrogens with zero attached hydrogens (tertiary/aromatic N) is 3. The number of hydrogen-bond acceptors (Lipinski definition) is 5. The molecule has 0 fully saturated rings. The van der Waals surface area contributed by atoms with Crippen molar-refractivity contribution >= 4 is 11.5 Å². The van der Waals surface area contributed by atoms with E-state index in [1.807, 2.05) is 30.3 Å². The number of nitrogen functional groups attached to an aromatic ring is 1. The lowest BCUT2D eigenvalue weighted by Crippen LogP contribution is -2.23. The van der Waals surface area contributed by atoms with E-state index in [2.05, 4.69) is 28.7 Å². The molecule has 1 aromatic carbocycles. The number of ether oxygens (including phenoxy) is 1. The Labute approximate surface area is 125 Å². The predicted molar refractivity (Wildman–Crippen MR) is 85.4 cm³/mol. The number of nitrogens with two attached hydrogens (primary N) is 1. The van der Waals surface area contributed by atoms with Gasteiger partial charge in [0.2, 0.25) is 5.88 Å². The van der Waals surface area contributed by atoms with Crippen LogP contribution in [0.3, 0.4) is 0 Å². The number of aromatic nitrogens is 2. The molecule has 0 aliphatic carbocycles. The standard InChI is InChI=1S/C16H22N4O/c1-3-9-21-16-10-15(18-12-19-16)20(4-2)11-13-5-7-14(17)8-6-13/h5-8,10,12H,3-4,9,11,17H2,1-2H3. The molecule has 0 radical (unpaired) electrons. The van der Waals surface area contributed by atoms with Gasteiger partial charge in [0, 0.05) is 24.8 Å². The summed E-state index contributed by atoms with van der Waals surface area (Å²) in [6, 6.07) is 9.79. The molecule has 0 bridgehead atoms. The zero-order valence-corrected chi connectivity index (χ0v) is 12.6. The van der Waals surface area contributed by atoms with Crippen molar-refractivity contribution in [1.29, 1.82) is 0 Å². The van der Waals surface area contributed by atoms with Crippen LogP contribution in [0.1, 0.15) is 25.8 Å². The van der Waals surface area contributed by atoms with Gasteiger partial charge in [0.15, 0.2) is 0 Å². The molecule has 1 heterocycles. The Balaban J connectivity index is 2.11. The highest BCUT2D eigenvalue weighted by Gasteiger charge is 2.08. The molecular formula is C16H22N4O. The van der Waals surface area contributed by atoms with Gasteiger partial charge < -0.3 is 15.4 Å². The first-order valence-electron chi connectivity index (χ1n) is 7.27. The second kappa shape index (κ2) is 7.47. The van der Waals surface area contributed by atoms with Crippen molar-refractivity contribution in [2.45, 2.75) is 26.8 Å². The van der Waals surface area contributed by atoms with Crippen molar-refractivity contribution in [3.8, 4) is 5.88 Å².